The van der Waals surface area contributed by atoms with Crippen molar-refractivity contribution in [3.8, 4) is 0 Å². The number of nitrogen functional groups attached to an aromatic ring is 1. The third kappa shape index (κ3) is 1.57. The molecule has 1 heterocycles. The maximum atomic E-state index is 10.5. The van der Waals surface area contributed by atoms with Crippen LogP contribution < -0.4 is 5.73 Å². The lowest BCUT2D eigenvalue weighted by molar-refractivity contribution is -0.384. The summed E-state index contributed by atoms with van der Waals surface area (Å²) in [6, 6.07) is 0. The van der Waals surface area contributed by atoms with Gasteiger partial charge in [-0.2, -0.15) is 0 Å². The standard InChI is InChI=1S/C6H4ClN3O4/c7-5-4(10(13)14)3(8)2(1-9-5)6(11)12/h1H,(H2,8,9)(H,11,12). The quantitative estimate of drug-likeness (QED) is 0.432. The molecule has 14 heavy (non-hydrogen) atoms. The van der Waals surface area contributed by atoms with Crippen molar-refractivity contribution in [2.75, 3.05) is 5.73 Å². The minimum atomic E-state index is -1.39. The number of anilines is 1. The second-order valence-corrected chi connectivity index (χ2v) is 2.65. The van der Waals surface area contributed by atoms with Crippen LogP contribution in [0, 0.1) is 10.1 Å². The van der Waals surface area contributed by atoms with E-state index in [4.69, 9.17) is 22.4 Å². The molecule has 8 heteroatoms. The zero-order chi connectivity index (χ0) is 10.9. The molecule has 0 saturated heterocycles. The predicted octanol–water partition coefficient (Wildman–Crippen LogP) is 0.924. The molecule has 0 aliphatic carbocycles. The number of carboxylic acid groups (broad SMARTS) is 1. The van der Waals surface area contributed by atoms with Crippen molar-refractivity contribution in [2.24, 2.45) is 0 Å². The van der Waals surface area contributed by atoms with Crippen LogP contribution in [-0.4, -0.2) is 21.0 Å². The van der Waals surface area contributed by atoms with Crippen LogP contribution in [0.2, 0.25) is 5.15 Å². The van der Waals surface area contributed by atoms with Gasteiger partial charge in [0.1, 0.15) is 11.3 Å². The summed E-state index contributed by atoms with van der Waals surface area (Å²) in [4.78, 5) is 23.4. The molecule has 0 unspecified atom stereocenters. The fraction of sp³-hybridized carbons (Fsp3) is 0. The van der Waals surface area contributed by atoms with E-state index in [0.717, 1.165) is 6.20 Å². The maximum Gasteiger partial charge on any atom is 0.339 e. The van der Waals surface area contributed by atoms with Gasteiger partial charge >= 0.3 is 11.7 Å². The fourth-order valence-electron chi connectivity index (χ4n) is 0.835. The van der Waals surface area contributed by atoms with Gasteiger partial charge < -0.3 is 10.8 Å². The Labute approximate surface area is 82.3 Å². The Hall–Kier alpha value is -1.89. The Morgan fingerprint density at radius 2 is 2.29 bits per heavy atom. The predicted molar refractivity (Wildman–Crippen MR) is 47.3 cm³/mol. The zero-order valence-electron chi connectivity index (χ0n) is 6.60. The minimum Gasteiger partial charge on any atom is -0.478 e. The first-order valence-electron chi connectivity index (χ1n) is 3.26. The molecule has 0 aromatic carbocycles. The van der Waals surface area contributed by atoms with Gasteiger partial charge in [-0.25, -0.2) is 9.78 Å². The SMILES string of the molecule is Nc1c(C(=O)O)cnc(Cl)c1[N+](=O)[O-]. The van der Waals surface area contributed by atoms with Gasteiger partial charge in [0.25, 0.3) is 0 Å². The molecule has 7 nitrogen and oxygen atoms in total. The average Bonchev–Trinajstić information content (AvgIpc) is 2.02. The molecule has 0 aliphatic rings. The number of carboxylic acids is 1. The summed E-state index contributed by atoms with van der Waals surface area (Å²) in [5.41, 5.74) is 3.61. The van der Waals surface area contributed by atoms with E-state index >= 15 is 0 Å². The number of hydrogen-bond acceptors (Lipinski definition) is 5. The van der Waals surface area contributed by atoms with Crippen LogP contribution in [0.25, 0.3) is 0 Å². The van der Waals surface area contributed by atoms with Crippen LogP contribution in [0.1, 0.15) is 10.4 Å². The Morgan fingerprint density at radius 1 is 1.71 bits per heavy atom. The third-order valence-electron chi connectivity index (χ3n) is 1.46. The molecule has 74 valence electrons. The summed E-state index contributed by atoms with van der Waals surface area (Å²) in [5.74, 6) is -1.39. The van der Waals surface area contributed by atoms with E-state index in [2.05, 4.69) is 4.98 Å². The summed E-state index contributed by atoms with van der Waals surface area (Å²) >= 11 is 5.38. The Kier molecular flexibility index (Phi) is 2.52. The fourth-order valence-corrected chi connectivity index (χ4v) is 1.05. The normalized spacial score (nSPS) is 9.79. The van der Waals surface area contributed by atoms with Gasteiger partial charge in [0.2, 0.25) is 5.15 Å². The molecular formula is C6H4ClN3O4. The van der Waals surface area contributed by atoms with Crippen molar-refractivity contribution in [3.63, 3.8) is 0 Å². The number of pyridine rings is 1. The molecule has 0 radical (unpaired) electrons. The van der Waals surface area contributed by atoms with Crippen LogP contribution >= 0.6 is 11.6 Å². The number of rotatable bonds is 2. The lowest BCUT2D eigenvalue weighted by atomic mass is 10.2. The Balaban J connectivity index is 3.49. The van der Waals surface area contributed by atoms with E-state index in [1.165, 1.54) is 0 Å². The minimum absolute atomic E-state index is 0.433. The first kappa shape index (κ1) is 10.2. The van der Waals surface area contributed by atoms with Crippen molar-refractivity contribution in [2.45, 2.75) is 0 Å². The van der Waals surface area contributed by atoms with Gasteiger partial charge in [-0.1, -0.05) is 11.6 Å². The van der Waals surface area contributed by atoms with Gasteiger partial charge in [-0.3, -0.25) is 10.1 Å². The summed E-state index contributed by atoms with van der Waals surface area (Å²) in [6.07, 6.45) is 0.868. The number of aromatic nitrogens is 1. The summed E-state index contributed by atoms with van der Waals surface area (Å²) in [7, 11) is 0. The van der Waals surface area contributed by atoms with Gasteiger partial charge in [-0.05, 0) is 0 Å². The highest BCUT2D eigenvalue weighted by Gasteiger charge is 2.24. The highest BCUT2D eigenvalue weighted by Crippen LogP contribution is 2.30. The average molecular weight is 218 g/mol. The van der Waals surface area contributed by atoms with E-state index < -0.39 is 33.0 Å². The molecule has 0 amide bonds. The van der Waals surface area contributed by atoms with Crippen molar-refractivity contribution < 1.29 is 14.8 Å². The van der Waals surface area contributed by atoms with Crippen LogP contribution in [0.4, 0.5) is 11.4 Å². The monoisotopic (exact) mass is 217 g/mol. The summed E-state index contributed by atoms with van der Waals surface area (Å²) in [5, 5.41) is 18.6. The van der Waals surface area contributed by atoms with Gasteiger partial charge in [0, 0.05) is 6.20 Å². The second-order valence-electron chi connectivity index (χ2n) is 2.29. The Bertz CT molecular complexity index is 420. The molecule has 0 fully saturated rings. The van der Waals surface area contributed by atoms with Crippen molar-refractivity contribution in [3.05, 3.63) is 27.0 Å². The summed E-state index contributed by atoms with van der Waals surface area (Å²) < 4.78 is 0. The number of nitro groups is 1. The highest BCUT2D eigenvalue weighted by atomic mass is 35.5. The largest absolute Gasteiger partial charge is 0.478 e. The third-order valence-corrected chi connectivity index (χ3v) is 1.74. The molecular weight excluding hydrogens is 214 g/mol. The number of halogens is 1. The van der Waals surface area contributed by atoms with Gasteiger partial charge in [0.05, 0.1) is 4.92 Å². The number of aromatic carboxylic acids is 1. The molecule has 0 atom stereocenters. The van der Waals surface area contributed by atoms with Crippen LogP contribution in [0.15, 0.2) is 6.20 Å². The first-order chi connectivity index (χ1) is 6.45. The van der Waals surface area contributed by atoms with Crippen molar-refractivity contribution in [1.29, 1.82) is 0 Å². The molecule has 1 aromatic rings. The number of nitrogens with two attached hydrogens (primary N) is 1. The van der Waals surface area contributed by atoms with E-state index in [1.807, 2.05) is 0 Å². The second kappa shape index (κ2) is 3.46. The van der Waals surface area contributed by atoms with E-state index in [1.54, 1.807) is 0 Å². The molecule has 0 bridgehead atoms. The van der Waals surface area contributed by atoms with Crippen molar-refractivity contribution in [1.82, 2.24) is 4.98 Å². The van der Waals surface area contributed by atoms with Gasteiger partial charge in [0.15, 0.2) is 0 Å². The molecule has 0 aliphatic heterocycles. The Morgan fingerprint density at radius 3 is 2.71 bits per heavy atom. The number of nitrogens with zero attached hydrogens (tertiary/aromatic N) is 2. The molecule has 0 spiro atoms. The lowest BCUT2D eigenvalue weighted by Gasteiger charge is -2.01. The number of hydrogen-bond donors (Lipinski definition) is 2. The van der Waals surface area contributed by atoms with Crippen LogP contribution in [-0.2, 0) is 0 Å². The van der Waals surface area contributed by atoms with Crippen LogP contribution in [0.3, 0.4) is 0 Å². The maximum absolute atomic E-state index is 10.5. The molecule has 1 rings (SSSR count). The topological polar surface area (TPSA) is 119 Å². The smallest absolute Gasteiger partial charge is 0.339 e. The molecule has 0 saturated carbocycles. The number of carbonyl (C=O) groups is 1. The van der Waals surface area contributed by atoms with Gasteiger partial charge in [-0.15, -0.1) is 0 Å². The van der Waals surface area contributed by atoms with E-state index in [0.29, 0.717) is 0 Å². The highest BCUT2D eigenvalue weighted by molar-refractivity contribution is 6.32. The zero-order valence-corrected chi connectivity index (χ0v) is 7.35. The van der Waals surface area contributed by atoms with E-state index in [-0.39, 0.29) is 0 Å². The van der Waals surface area contributed by atoms with Crippen LogP contribution in [0.5, 0.6) is 0 Å². The van der Waals surface area contributed by atoms with Crippen molar-refractivity contribution >= 4 is 28.9 Å². The van der Waals surface area contributed by atoms with E-state index in [9.17, 15) is 14.9 Å². The summed E-state index contributed by atoms with van der Waals surface area (Å²) in [6.45, 7) is 0. The lowest BCUT2D eigenvalue weighted by Crippen LogP contribution is -2.07. The first-order valence-corrected chi connectivity index (χ1v) is 3.64. The molecule has 1 aromatic heterocycles. The molecule has 3 N–H and O–H groups in total.